The van der Waals surface area contributed by atoms with E-state index >= 15 is 0 Å². The van der Waals surface area contributed by atoms with Crippen molar-refractivity contribution in [2.75, 3.05) is 12.9 Å². The molecule has 0 radical (unpaired) electrons. The zero-order chi connectivity index (χ0) is 21.9. The first kappa shape index (κ1) is 21.0. The number of benzene rings is 2. The molecule has 0 heterocycles. The van der Waals surface area contributed by atoms with Crippen molar-refractivity contribution in [2.45, 2.75) is 61.9 Å². The van der Waals surface area contributed by atoms with Crippen molar-refractivity contribution in [3.63, 3.8) is 0 Å². The van der Waals surface area contributed by atoms with Crippen molar-refractivity contribution in [1.29, 1.82) is 0 Å². The zero-order valence-corrected chi connectivity index (χ0v) is 19.2. The Morgan fingerprint density at radius 3 is 2.58 bits per heavy atom. The van der Waals surface area contributed by atoms with Crippen LogP contribution < -0.4 is 4.74 Å². The fourth-order valence-electron chi connectivity index (χ4n) is 7.06. The van der Waals surface area contributed by atoms with E-state index in [1.807, 2.05) is 6.07 Å². The van der Waals surface area contributed by atoms with Crippen molar-refractivity contribution in [1.82, 2.24) is 0 Å². The monoisotopic (exact) mass is 440 g/mol. The zero-order valence-electron chi connectivity index (χ0n) is 18.4. The molecule has 0 aromatic heterocycles. The van der Waals surface area contributed by atoms with Crippen LogP contribution in [0.15, 0.2) is 53.4 Å². The minimum absolute atomic E-state index is 0.178. The third kappa shape index (κ3) is 3.23. The van der Waals surface area contributed by atoms with Gasteiger partial charge >= 0.3 is 0 Å². The van der Waals surface area contributed by atoms with Crippen LogP contribution in [0.5, 0.6) is 5.75 Å². The van der Waals surface area contributed by atoms with E-state index in [0.29, 0.717) is 29.1 Å². The van der Waals surface area contributed by atoms with Gasteiger partial charge < -0.3 is 9.84 Å². The van der Waals surface area contributed by atoms with E-state index in [0.717, 1.165) is 37.9 Å². The molecule has 0 spiro atoms. The second kappa shape index (κ2) is 7.35. The average molecular weight is 441 g/mol. The smallest absolute Gasteiger partial charge is 0.181 e. The normalized spacial score (nSPS) is 34.5. The molecule has 5 rings (SSSR count). The predicted octanol–water partition coefficient (Wildman–Crippen LogP) is 4.76. The van der Waals surface area contributed by atoms with E-state index in [1.165, 1.54) is 11.1 Å². The van der Waals surface area contributed by atoms with E-state index in [2.05, 4.69) is 25.1 Å². The first-order valence-corrected chi connectivity index (χ1v) is 13.1. The second-order valence-corrected chi connectivity index (χ2v) is 12.1. The molecule has 0 amide bonds. The van der Waals surface area contributed by atoms with Gasteiger partial charge in [-0.05, 0) is 91.7 Å². The highest BCUT2D eigenvalue weighted by Crippen LogP contribution is 2.64. The van der Waals surface area contributed by atoms with Gasteiger partial charge in [-0.2, -0.15) is 0 Å². The van der Waals surface area contributed by atoms with E-state index in [-0.39, 0.29) is 11.2 Å². The fraction of sp³-hybridized carbons (Fsp3) is 0.538. The lowest BCUT2D eigenvalue weighted by molar-refractivity contribution is -0.0877. The van der Waals surface area contributed by atoms with Gasteiger partial charge in [-0.3, -0.25) is 0 Å². The maximum absolute atomic E-state index is 13.1. The predicted molar refractivity (Wildman–Crippen MR) is 121 cm³/mol. The Bertz CT molecular complexity index is 1080. The third-order valence-corrected chi connectivity index (χ3v) is 10.6. The number of methoxy groups -OCH3 is 1. The molecule has 31 heavy (non-hydrogen) atoms. The van der Waals surface area contributed by atoms with Gasteiger partial charge in [0.2, 0.25) is 0 Å². The quantitative estimate of drug-likeness (QED) is 0.745. The maximum atomic E-state index is 13.1. The van der Waals surface area contributed by atoms with Crippen molar-refractivity contribution in [3.05, 3.63) is 59.7 Å². The largest absolute Gasteiger partial charge is 0.497 e. The molecule has 0 saturated heterocycles. The van der Waals surface area contributed by atoms with Gasteiger partial charge in [0.15, 0.2) is 9.84 Å². The first-order valence-electron chi connectivity index (χ1n) is 11.4. The molecule has 0 aliphatic heterocycles. The fourth-order valence-corrected chi connectivity index (χ4v) is 8.90. The van der Waals surface area contributed by atoms with E-state index in [9.17, 15) is 13.5 Å². The van der Waals surface area contributed by atoms with Gasteiger partial charge in [0, 0.05) is 5.41 Å². The third-order valence-electron chi connectivity index (χ3n) is 8.79. The van der Waals surface area contributed by atoms with Crippen LogP contribution in [0.1, 0.15) is 56.1 Å². The SMILES string of the molecule is COc1ccc2c(c1)CC[C@@H]1[C@@H]2CC[C@@]2(C)[C@H]1CC[C@@]2(O)CS(=O)(=O)c1ccccc1. The van der Waals surface area contributed by atoms with Crippen LogP contribution in [0, 0.1) is 17.3 Å². The van der Waals surface area contributed by atoms with Crippen LogP contribution in [0.4, 0.5) is 0 Å². The Morgan fingerprint density at radius 1 is 1.06 bits per heavy atom. The van der Waals surface area contributed by atoms with E-state index in [4.69, 9.17) is 4.74 Å². The lowest BCUT2D eigenvalue weighted by Crippen LogP contribution is -2.53. The summed E-state index contributed by atoms with van der Waals surface area (Å²) in [5.74, 6) is 2.10. The molecule has 5 atom stereocenters. The maximum Gasteiger partial charge on any atom is 0.181 e. The van der Waals surface area contributed by atoms with Crippen LogP contribution in [-0.4, -0.2) is 32.0 Å². The van der Waals surface area contributed by atoms with Crippen LogP contribution >= 0.6 is 0 Å². The molecule has 5 heteroatoms. The van der Waals surface area contributed by atoms with Gasteiger partial charge in [0.1, 0.15) is 5.75 Å². The van der Waals surface area contributed by atoms with Gasteiger partial charge in [0.25, 0.3) is 0 Å². The minimum Gasteiger partial charge on any atom is -0.497 e. The molecular weight excluding hydrogens is 408 g/mol. The summed E-state index contributed by atoms with van der Waals surface area (Å²) in [5, 5.41) is 11.8. The highest BCUT2D eigenvalue weighted by atomic mass is 32.2. The molecule has 2 saturated carbocycles. The summed E-state index contributed by atoms with van der Waals surface area (Å²) in [5.41, 5.74) is 1.30. The summed E-state index contributed by atoms with van der Waals surface area (Å²) < 4.78 is 31.7. The summed E-state index contributed by atoms with van der Waals surface area (Å²) in [4.78, 5) is 0.310. The number of aryl methyl sites for hydroxylation is 1. The number of aliphatic hydroxyl groups is 1. The number of rotatable bonds is 4. The van der Waals surface area contributed by atoms with Crippen LogP contribution in [-0.2, 0) is 16.3 Å². The first-order chi connectivity index (χ1) is 14.8. The molecule has 2 fully saturated rings. The second-order valence-electron chi connectivity index (χ2n) is 10.1. The Labute approximate surface area is 185 Å². The van der Waals surface area contributed by atoms with Crippen molar-refractivity contribution < 1.29 is 18.3 Å². The summed E-state index contributed by atoms with van der Waals surface area (Å²) in [7, 11) is -1.83. The highest BCUT2D eigenvalue weighted by molar-refractivity contribution is 7.91. The van der Waals surface area contributed by atoms with Crippen LogP contribution in [0.3, 0.4) is 0 Å². The molecule has 4 nitrogen and oxygen atoms in total. The molecule has 1 N–H and O–H groups in total. The van der Waals surface area contributed by atoms with Crippen LogP contribution in [0.25, 0.3) is 0 Å². The number of sulfone groups is 1. The standard InChI is InChI=1S/C26H32O4S/c1-25-14-12-22-21-11-9-19(30-2)16-18(21)8-10-23(22)24(25)13-15-26(25,27)17-31(28,29)20-6-4-3-5-7-20/h3-7,9,11,16,22-24,27H,8,10,12-15,17H2,1-2H3/t22-,23-,24+,25+,26-/m1/s1. The number of hydrogen-bond acceptors (Lipinski definition) is 4. The lowest BCUT2D eigenvalue weighted by atomic mass is 9.53. The summed E-state index contributed by atoms with van der Waals surface area (Å²) in [6.45, 7) is 2.16. The lowest BCUT2D eigenvalue weighted by Gasteiger charge is -2.53. The van der Waals surface area contributed by atoms with Crippen LogP contribution in [0.2, 0.25) is 0 Å². The molecule has 2 aromatic rings. The molecule has 0 bridgehead atoms. The molecule has 166 valence electrons. The Morgan fingerprint density at radius 2 is 1.84 bits per heavy atom. The molecule has 0 unspecified atom stereocenters. The Balaban J connectivity index is 1.43. The highest BCUT2D eigenvalue weighted by Gasteiger charge is 2.62. The van der Waals surface area contributed by atoms with Crippen molar-refractivity contribution in [2.24, 2.45) is 17.3 Å². The number of hydrogen-bond donors (Lipinski definition) is 1. The Kier molecular flexibility index (Phi) is 4.98. The Hall–Kier alpha value is -1.85. The van der Waals surface area contributed by atoms with Gasteiger partial charge in [-0.15, -0.1) is 0 Å². The number of ether oxygens (including phenoxy) is 1. The van der Waals surface area contributed by atoms with Gasteiger partial charge in [-0.1, -0.05) is 31.2 Å². The summed E-state index contributed by atoms with van der Waals surface area (Å²) in [6.07, 6.45) is 5.48. The van der Waals surface area contributed by atoms with E-state index in [1.54, 1.807) is 31.4 Å². The van der Waals surface area contributed by atoms with Crippen molar-refractivity contribution >= 4 is 9.84 Å². The number of fused-ring (bicyclic) bond motifs is 5. The van der Waals surface area contributed by atoms with Gasteiger partial charge in [-0.25, -0.2) is 8.42 Å². The topological polar surface area (TPSA) is 63.6 Å². The molecule has 3 aliphatic rings. The van der Waals surface area contributed by atoms with Crippen molar-refractivity contribution in [3.8, 4) is 5.75 Å². The summed E-state index contributed by atoms with van der Waals surface area (Å²) in [6, 6.07) is 15.1. The average Bonchev–Trinajstić information content (AvgIpc) is 3.03. The molecule has 2 aromatic carbocycles. The minimum atomic E-state index is -3.54. The van der Waals surface area contributed by atoms with Gasteiger partial charge in [0.05, 0.1) is 23.4 Å². The summed E-state index contributed by atoms with van der Waals surface area (Å²) >= 11 is 0. The molecular formula is C26H32O4S. The van der Waals surface area contributed by atoms with E-state index < -0.39 is 15.4 Å². The molecule has 3 aliphatic carbocycles.